The average molecular weight is 709 g/mol. The number of hydrogen-bond donors (Lipinski definition) is 0. The van der Waals surface area contributed by atoms with Crippen LogP contribution in [-0.2, 0) is 6.42 Å². The summed E-state index contributed by atoms with van der Waals surface area (Å²) in [7, 11) is 0. The summed E-state index contributed by atoms with van der Waals surface area (Å²) in [6.45, 7) is 0. The molecule has 10 aromatic rings. The van der Waals surface area contributed by atoms with Crippen LogP contribution in [0.3, 0.4) is 0 Å². The van der Waals surface area contributed by atoms with Gasteiger partial charge in [-0.25, -0.2) is 15.0 Å². The maximum absolute atomic E-state index is 5.01. The smallest absolute Gasteiger partial charge is 0.164 e. The molecule has 0 radical (unpaired) electrons. The molecule has 6 aromatic heterocycles. The number of rotatable bonds is 6. The van der Waals surface area contributed by atoms with Gasteiger partial charge in [0.25, 0.3) is 0 Å². The van der Waals surface area contributed by atoms with Crippen LogP contribution in [0.25, 0.3) is 90.3 Å². The van der Waals surface area contributed by atoms with Gasteiger partial charge in [-0.3, -0.25) is 9.97 Å². The van der Waals surface area contributed by atoms with Gasteiger partial charge < -0.3 is 13.7 Å². The van der Waals surface area contributed by atoms with Crippen molar-refractivity contribution in [3.8, 4) is 51.2 Å². The first-order chi connectivity index (χ1) is 27.3. The van der Waals surface area contributed by atoms with Gasteiger partial charge in [0.15, 0.2) is 17.5 Å². The van der Waals surface area contributed by atoms with E-state index in [9.17, 15) is 0 Å². The zero-order chi connectivity index (χ0) is 36.3. The fourth-order valence-electron chi connectivity index (χ4n) is 8.19. The molecule has 0 saturated carbocycles. The predicted octanol–water partition coefficient (Wildman–Crippen LogP) is 10.5. The molecule has 0 bridgehead atoms. The Kier molecular flexibility index (Phi) is 7.13. The lowest BCUT2D eigenvalue weighted by Gasteiger charge is -2.14. The van der Waals surface area contributed by atoms with Gasteiger partial charge in [-0.2, -0.15) is 0 Å². The van der Waals surface area contributed by atoms with Crippen LogP contribution in [0.1, 0.15) is 17.7 Å². The first-order valence-electron chi connectivity index (χ1n) is 18.5. The van der Waals surface area contributed by atoms with E-state index >= 15 is 0 Å². The van der Waals surface area contributed by atoms with Crippen molar-refractivity contribution < 1.29 is 0 Å². The highest BCUT2D eigenvalue weighted by molar-refractivity contribution is 6.20. The van der Waals surface area contributed by atoms with Crippen molar-refractivity contribution in [2.45, 2.75) is 12.8 Å². The Morgan fingerprint density at radius 2 is 0.927 bits per heavy atom. The van der Waals surface area contributed by atoms with Crippen molar-refractivity contribution in [1.29, 1.82) is 0 Å². The quantitative estimate of drug-likeness (QED) is 0.172. The molecule has 1 aliphatic carbocycles. The Hall–Kier alpha value is -7.45. The van der Waals surface area contributed by atoms with Gasteiger partial charge in [-0.1, -0.05) is 84.9 Å². The van der Waals surface area contributed by atoms with Gasteiger partial charge in [-0.15, -0.1) is 0 Å². The van der Waals surface area contributed by atoms with Crippen molar-refractivity contribution in [3.05, 3.63) is 176 Å². The second-order valence-corrected chi connectivity index (χ2v) is 13.7. The summed E-state index contributed by atoms with van der Waals surface area (Å²) in [5.74, 6) is 1.91. The SMILES string of the molecule is C1=Cc2c(c3c(c4c(c5ccccc5n4-c4ccncc4)n3-c3ccc(-c4nc(-c5ccccc5)nc(-c5ccccc5)n4)cc3)n2-c2ccncc2)CC1. The lowest BCUT2D eigenvalue weighted by molar-refractivity contribution is 0.959. The fraction of sp³-hybridized carbons (Fsp3) is 0.0426. The lowest BCUT2D eigenvalue weighted by Crippen LogP contribution is -2.02. The summed E-state index contributed by atoms with van der Waals surface area (Å²) in [6, 6.07) is 46.0. The molecular formula is C47H32N8. The van der Waals surface area contributed by atoms with Crippen LogP contribution in [0.4, 0.5) is 0 Å². The van der Waals surface area contributed by atoms with E-state index in [2.05, 4.69) is 109 Å². The molecule has 0 spiro atoms. The van der Waals surface area contributed by atoms with Crippen LogP contribution in [0.15, 0.2) is 164 Å². The Morgan fingerprint density at radius 1 is 0.418 bits per heavy atom. The monoisotopic (exact) mass is 708 g/mol. The number of aromatic nitrogens is 8. The van der Waals surface area contributed by atoms with Gasteiger partial charge >= 0.3 is 0 Å². The molecule has 0 unspecified atom stereocenters. The van der Waals surface area contributed by atoms with Crippen molar-refractivity contribution in [3.63, 3.8) is 0 Å². The third-order valence-electron chi connectivity index (χ3n) is 10.6. The third-order valence-corrected chi connectivity index (χ3v) is 10.6. The van der Waals surface area contributed by atoms with E-state index in [1.807, 2.05) is 85.5 Å². The Bertz CT molecular complexity index is 2990. The van der Waals surface area contributed by atoms with Gasteiger partial charge in [0, 0.05) is 69.5 Å². The number of para-hydroxylation sites is 1. The number of allylic oxidation sites excluding steroid dienone is 1. The average Bonchev–Trinajstić information content (AvgIpc) is 3.90. The Morgan fingerprint density at radius 3 is 1.55 bits per heavy atom. The van der Waals surface area contributed by atoms with Crippen LogP contribution in [0, 0.1) is 0 Å². The third kappa shape index (κ3) is 4.95. The number of aryl methyl sites for hydroxylation is 1. The zero-order valence-corrected chi connectivity index (χ0v) is 29.7. The van der Waals surface area contributed by atoms with E-state index in [4.69, 9.17) is 15.0 Å². The van der Waals surface area contributed by atoms with Crippen molar-refractivity contribution >= 4 is 39.0 Å². The standard InChI is InChI=1S/C47H32N8/c1-3-11-31(12-4-1)45-50-46(32-13-5-2-6-14-32)52-47(51-45)33-19-21-34(22-20-33)55-41-37-15-7-9-17-39(37)53(35-23-27-48-28-24-35)43(41)44-42(55)38-16-8-10-18-40(38)54(44)36-25-29-49-30-26-36/h1-7,9-15,17-30H,8,16H2. The molecule has 0 atom stereocenters. The minimum atomic E-state index is 0.628. The van der Waals surface area contributed by atoms with E-state index in [1.54, 1.807) is 0 Å². The number of fused-ring (bicyclic) bond motifs is 7. The second kappa shape index (κ2) is 12.6. The first kappa shape index (κ1) is 31.1. The molecule has 8 heteroatoms. The summed E-state index contributed by atoms with van der Waals surface area (Å²) in [5, 5.41) is 1.17. The van der Waals surface area contributed by atoms with Gasteiger partial charge in [0.2, 0.25) is 0 Å². The summed E-state index contributed by atoms with van der Waals surface area (Å²) < 4.78 is 7.29. The van der Waals surface area contributed by atoms with Crippen LogP contribution in [0.2, 0.25) is 0 Å². The predicted molar refractivity (Wildman–Crippen MR) is 220 cm³/mol. The minimum absolute atomic E-state index is 0.628. The van der Waals surface area contributed by atoms with E-state index in [0.29, 0.717) is 17.5 Å². The molecule has 0 N–H and O–H groups in total. The van der Waals surface area contributed by atoms with Gasteiger partial charge in [0.05, 0.1) is 33.3 Å². The number of pyridine rings is 2. The summed E-state index contributed by atoms with van der Waals surface area (Å²) in [5.41, 5.74) is 14.3. The second-order valence-electron chi connectivity index (χ2n) is 13.7. The first-order valence-corrected chi connectivity index (χ1v) is 18.5. The fourth-order valence-corrected chi connectivity index (χ4v) is 8.19. The molecule has 0 fully saturated rings. The molecule has 11 rings (SSSR count). The van der Waals surface area contributed by atoms with Crippen LogP contribution >= 0.6 is 0 Å². The van der Waals surface area contributed by atoms with Crippen molar-refractivity contribution in [2.24, 2.45) is 0 Å². The maximum atomic E-state index is 5.01. The zero-order valence-electron chi connectivity index (χ0n) is 29.7. The van der Waals surface area contributed by atoms with E-state index < -0.39 is 0 Å². The van der Waals surface area contributed by atoms with E-state index in [-0.39, 0.29) is 0 Å². The van der Waals surface area contributed by atoms with E-state index in [1.165, 1.54) is 22.2 Å². The van der Waals surface area contributed by atoms with Crippen molar-refractivity contribution in [1.82, 2.24) is 38.6 Å². The number of nitrogens with zero attached hydrogens (tertiary/aromatic N) is 8. The van der Waals surface area contributed by atoms with Gasteiger partial charge in [0.1, 0.15) is 0 Å². The number of hydrogen-bond acceptors (Lipinski definition) is 5. The highest BCUT2D eigenvalue weighted by Gasteiger charge is 2.30. The maximum Gasteiger partial charge on any atom is 0.164 e. The topological polar surface area (TPSA) is 79.2 Å². The highest BCUT2D eigenvalue weighted by atomic mass is 15.1. The lowest BCUT2D eigenvalue weighted by atomic mass is 10.0. The Balaban J connectivity index is 1.19. The normalized spacial score (nSPS) is 12.5. The molecule has 0 amide bonds. The van der Waals surface area contributed by atoms with E-state index in [0.717, 1.165) is 68.7 Å². The van der Waals surface area contributed by atoms with Crippen molar-refractivity contribution in [2.75, 3.05) is 0 Å². The molecule has 260 valence electrons. The van der Waals surface area contributed by atoms with Crippen LogP contribution in [0.5, 0.6) is 0 Å². The molecule has 8 nitrogen and oxygen atoms in total. The summed E-state index contributed by atoms with van der Waals surface area (Å²) in [6.07, 6.45) is 14.0. The summed E-state index contributed by atoms with van der Waals surface area (Å²) >= 11 is 0. The molecule has 0 aliphatic heterocycles. The molecule has 1 aliphatic rings. The van der Waals surface area contributed by atoms with Gasteiger partial charge in [-0.05, 0) is 73.5 Å². The molecular weight excluding hydrogens is 677 g/mol. The highest BCUT2D eigenvalue weighted by Crippen LogP contribution is 2.46. The van der Waals surface area contributed by atoms with Crippen LogP contribution < -0.4 is 0 Å². The molecule has 4 aromatic carbocycles. The number of benzene rings is 4. The largest absolute Gasteiger partial charge is 0.306 e. The Labute approximate surface area is 316 Å². The summed E-state index contributed by atoms with van der Waals surface area (Å²) in [4.78, 5) is 23.7. The minimum Gasteiger partial charge on any atom is -0.306 e. The van der Waals surface area contributed by atoms with Crippen LogP contribution in [-0.4, -0.2) is 38.6 Å². The molecule has 55 heavy (non-hydrogen) atoms. The molecule has 0 saturated heterocycles. The molecule has 6 heterocycles.